The van der Waals surface area contributed by atoms with Gasteiger partial charge in [0.25, 0.3) is 0 Å². The molecule has 0 radical (unpaired) electrons. The van der Waals surface area contributed by atoms with Gasteiger partial charge in [0.2, 0.25) is 15.9 Å². The number of carbonyl (C=O) groups excluding carboxylic acids is 1. The maximum atomic E-state index is 12.8. The number of nitrogens with one attached hydrogen (secondary N) is 2. The molecule has 21 heavy (non-hydrogen) atoms. The Balaban J connectivity index is 1.90. The Hall–Kier alpha value is -1.40. The van der Waals surface area contributed by atoms with E-state index < -0.39 is 15.4 Å². The van der Waals surface area contributed by atoms with Gasteiger partial charge in [0.05, 0.1) is 10.7 Å². The van der Waals surface area contributed by atoms with E-state index in [-0.39, 0.29) is 11.2 Å². The van der Waals surface area contributed by atoms with Crippen molar-refractivity contribution in [2.45, 2.75) is 36.3 Å². The topological polar surface area (TPSA) is 75.3 Å². The summed E-state index contributed by atoms with van der Waals surface area (Å²) in [5.74, 6) is -0.373. The predicted molar refractivity (Wildman–Crippen MR) is 80.3 cm³/mol. The Labute approximate surface area is 125 Å². The molecule has 1 heterocycles. The van der Waals surface area contributed by atoms with E-state index in [0.29, 0.717) is 38.8 Å². The molecule has 2 aliphatic rings. The second kappa shape index (κ2) is 5.42. The Bertz CT molecular complexity index is 618. The minimum Gasteiger partial charge on any atom is -0.317 e. The normalized spacial score (nSPS) is 21.7. The molecule has 1 aliphatic heterocycles. The number of sulfonamides is 1. The lowest BCUT2D eigenvalue weighted by atomic mass is 9.72. The van der Waals surface area contributed by atoms with Gasteiger partial charge < -0.3 is 5.32 Å². The fraction of sp³-hybridized carbons (Fsp3) is 0.533. The summed E-state index contributed by atoms with van der Waals surface area (Å²) in [6, 6.07) is 9.50. The molecule has 3 rings (SSSR count). The van der Waals surface area contributed by atoms with Crippen LogP contribution in [0.15, 0.2) is 30.3 Å². The molecule has 1 saturated carbocycles. The lowest BCUT2D eigenvalue weighted by molar-refractivity contribution is -0.126. The van der Waals surface area contributed by atoms with Crippen LogP contribution in [0, 0.1) is 0 Å². The van der Waals surface area contributed by atoms with Crippen LogP contribution in [0.2, 0.25) is 0 Å². The third kappa shape index (κ3) is 2.82. The van der Waals surface area contributed by atoms with Gasteiger partial charge in [-0.05, 0) is 44.3 Å². The van der Waals surface area contributed by atoms with E-state index in [4.69, 9.17) is 0 Å². The van der Waals surface area contributed by atoms with Crippen LogP contribution in [0.5, 0.6) is 0 Å². The maximum Gasteiger partial charge on any atom is 0.244 e. The number of rotatable bonds is 4. The third-order valence-electron chi connectivity index (χ3n) is 4.42. The van der Waals surface area contributed by atoms with E-state index in [1.807, 2.05) is 30.3 Å². The molecule has 1 aromatic carbocycles. The molecule has 6 heteroatoms. The summed E-state index contributed by atoms with van der Waals surface area (Å²) in [4.78, 5) is 12.8. The molecule has 1 saturated heterocycles. The Morgan fingerprint density at radius 1 is 1.14 bits per heavy atom. The van der Waals surface area contributed by atoms with Crippen molar-refractivity contribution in [2.75, 3.05) is 13.1 Å². The fourth-order valence-corrected chi connectivity index (χ4v) is 4.32. The van der Waals surface area contributed by atoms with Crippen molar-refractivity contribution in [2.24, 2.45) is 0 Å². The zero-order valence-electron chi connectivity index (χ0n) is 11.8. The largest absolute Gasteiger partial charge is 0.317 e. The van der Waals surface area contributed by atoms with E-state index in [0.717, 1.165) is 5.56 Å². The lowest BCUT2D eigenvalue weighted by Gasteiger charge is -2.36. The number of carbonyl (C=O) groups is 1. The van der Waals surface area contributed by atoms with Crippen LogP contribution in [-0.4, -0.2) is 32.7 Å². The molecule has 5 nitrogen and oxygen atoms in total. The lowest BCUT2D eigenvalue weighted by Crippen LogP contribution is -2.52. The maximum absolute atomic E-state index is 12.8. The van der Waals surface area contributed by atoms with E-state index in [1.54, 1.807) is 0 Å². The summed E-state index contributed by atoms with van der Waals surface area (Å²) in [5.41, 5.74) is 0.157. The van der Waals surface area contributed by atoms with Crippen LogP contribution in [0.25, 0.3) is 0 Å². The molecule has 114 valence electrons. The first-order chi connectivity index (χ1) is 10.0. The van der Waals surface area contributed by atoms with Crippen molar-refractivity contribution in [3.63, 3.8) is 0 Å². The molecule has 2 N–H and O–H groups in total. The van der Waals surface area contributed by atoms with Gasteiger partial charge in [-0.3, -0.25) is 9.52 Å². The molecule has 0 atom stereocenters. The standard InChI is InChI=1S/C15H20N2O3S/c18-14(17-21(19,20)13-6-7-13)15(8-10-16-11-9-15)12-4-2-1-3-5-12/h1-5,13,16H,6-11H2,(H,17,18). The SMILES string of the molecule is O=C(NS(=O)(=O)C1CC1)C1(c2ccccc2)CCNCC1. The Morgan fingerprint density at radius 3 is 2.33 bits per heavy atom. The highest BCUT2D eigenvalue weighted by atomic mass is 32.2. The quantitative estimate of drug-likeness (QED) is 0.867. The van der Waals surface area contributed by atoms with Crippen LogP contribution in [-0.2, 0) is 20.2 Å². The zero-order valence-corrected chi connectivity index (χ0v) is 12.7. The van der Waals surface area contributed by atoms with Gasteiger partial charge >= 0.3 is 0 Å². The molecule has 0 spiro atoms. The average molecular weight is 308 g/mol. The number of piperidine rings is 1. The van der Waals surface area contributed by atoms with Crippen molar-refractivity contribution < 1.29 is 13.2 Å². The van der Waals surface area contributed by atoms with E-state index >= 15 is 0 Å². The zero-order chi connectivity index (χ0) is 14.9. The Kier molecular flexibility index (Phi) is 3.75. The summed E-state index contributed by atoms with van der Waals surface area (Å²) in [7, 11) is -3.50. The van der Waals surface area contributed by atoms with Gasteiger partial charge in [0.15, 0.2) is 0 Å². The molecule has 1 aliphatic carbocycles. The third-order valence-corrected chi connectivity index (χ3v) is 6.24. The highest BCUT2D eigenvalue weighted by Gasteiger charge is 2.45. The van der Waals surface area contributed by atoms with E-state index in [2.05, 4.69) is 10.0 Å². The Morgan fingerprint density at radius 2 is 1.76 bits per heavy atom. The highest BCUT2D eigenvalue weighted by molar-refractivity contribution is 7.90. The first-order valence-corrected chi connectivity index (χ1v) is 8.91. The molecule has 0 bridgehead atoms. The molecule has 1 aromatic rings. The number of hydrogen-bond acceptors (Lipinski definition) is 4. The van der Waals surface area contributed by atoms with Crippen molar-refractivity contribution in [3.05, 3.63) is 35.9 Å². The van der Waals surface area contributed by atoms with Crippen LogP contribution < -0.4 is 10.0 Å². The van der Waals surface area contributed by atoms with Crippen molar-refractivity contribution in [1.29, 1.82) is 0 Å². The van der Waals surface area contributed by atoms with Gasteiger partial charge in [-0.2, -0.15) is 0 Å². The van der Waals surface area contributed by atoms with Crippen LogP contribution >= 0.6 is 0 Å². The molecular weight excluding hydrogens is 288 g/mol. The molecule has 0 unspecified atom stereocenters. The van der Waals surface area contributed by atoms with E-state index in [1.165, 1.54) is 0 Å². The van der Waals surface area contributed by atoms with Crippen molar-refractivity contribution >= 4 is 15.9 Å². The highest BCUT2D eigenvalue weighted by Crippen LogP contribution is 2.35. The predicted octanol–water partition coefficient (Wildman–Crippen LogP) is 0.916. The van der Waals surface area contributed by atoms with Gasteiger partial charge in [-0.25, -0.2) is 8.42 Å². The minimum atomic E-state index is -3.50. The monoisotopic (exact) mass is 308 g/mol. The fourth-order valence-electron chi connectivity index (χ4n) is 2.95. The molecule has 1 amide bonds. The first kappa shape index (κ1) is 14.5. The molecule has 2 fully saturated rings. The second-order valence-corrected chi connectivity index (χ2v) is 7.83. The van der Waals surface area contributed by atoms with Crippen LogP contribution in [0.3, 0.4) is 0 Å². The van der Waals surface area contributed by atoms with E-state index in [9.17, 15) is 13.2 Å². The number of hydrogen-bond donors (Lipinski definition) is 2. The summed E-state index contributed by atoms with van der Waals surface area (Å²) in [6.07, 6.45) is 2.54. The molecule has 0 aromatic heterocycles. The van der Waals surface area contributed by atoms with Crippen LogP contribution in [0.1, 0.15) is 31.2 Å². The summed E-state index contributed by atoms with van der Waals surface area (Å²) in [5, 5.41) is 2.85. The van der Waals surface area contributed by atoms with Crippen molar-refractivity contribution in [1.82, 2.24) is 10.0 Å². The average Bonchev–Trinajstić information content (AvgIpc) is 3.33. The number of amides is 1. The first-order valence-electron chi connectivity index (χ1n) is 7.37. The van der Waals surface area contributed by atoms with Crippen molar-refractivity contribution in [3.8, 4) is 0 Å². The summed E-state index contributed by atoms with van der Waals surface area (Å²) < 4.78 is 26.5. The minimum absolute atomic E-state index is 0.373. The summed E-state index contributed by atoms with van der Waals surface area (Å²) >= 11 is 0. The van der Waals surface area contributed by atoms with Gasteiger partial charge in [-0.15, -0.1) is 0 Å². The van der Waals surface area contributed by atoms with Gasteiger partial charge in [0, 0.05) is 0 Å². The van der Waals surface area contributed by atoms with Crippen LogP contribution in [0.4, 0.5) is 0 Å². The number of benzene rings is 1. The van der Waals surface area contributed by atoms with Gasteiger partial charge in [-0.1, -0.05) is 30.3 Å². The molecular formula is C15H20N2O3S. The second-order valence-electron chi connectivity index (χ2n) is 5.87. The smallest absolute Gasteiger partial charge is 0.244 e. The summed E-state index contributed by atoms with van der Waals surface area (Å²) in [6.45, 7) is 1.43. The van der Waals surface area contributed by atoms with Gasteiger partial charge in [0.1, 0.15) is 0 Å².